The van der Waals surface area contributed by atoms with E-state index in [0.29, 0.717) is 5.88 Å². The number of halogens is 1. The number of allylic oxidation sites excluding steroid dienone is 1. The van der Waals surface area contributed by atoms with Crippen LogP contribution < -0.4 is 0 Å². The summed E-state index contributed by atoms with van der Waals surface area (Å²) in [4.78, 5) is 0. The van der Waals surface area contributed by atoms with Gasteiger partial charge in [-0.05, 0) is 5.88 Å². The molecule has 55 valence electrons. The van der Waals surface area contributed by atoms with E-state index in [9.17, 15) is 0 Å². The summed E-state index contributed by atoms with van der Waals surface area (Å²) in [7, 11) is 0. The fourth-order valence-corrected chi connectivity index (χ4v) is 0.723. The maximum atomic E-state index is 5.40. The minimum absolute atomic E-state index is 0. The number of alkyl halides is 1. The molecule has 0 aromatic heterocycles. The molecule has 0 spiro atoms. The van der Waals surface area contributed by atoms with Gasteiger partial charge in [-0.15, -0.1) is 17.7 Å². The van der Waals surface area contributed by atoms with Crippen LogP contribution in [0, 0.1) is 12.1 Å². The monoisotopic (exact) mass is 239 g/mol. The van der Waals surface area contributed by atoms with Gasteiger partial charge in [-0.1, -0.05) is 0 Å². The quantitative estimate of drug-likeness (QED) is 0.550. The SMILES string of the molecule is ClC[C-]=Cc1[c-]cccc1.[Y]. The molecule has 0 N–H and O–H groups in total. The van der Waals surface area contributed by atoms with Crippen LogP contribution in [0.25, 0.3) is 6.08 Å². The second-order valence-electron chi connectivity index (χ2n) is 1.80. The van der Waals surface area contributed by atoms with Gasteiger partial charge in [0.05, 0.1) is 0 Å². The van der Waals surface area contributed by atoms with Gasteiger partial charge in [0.2, 0.25) is 0 Å². The molecule has 0 aliphatic rings. The van der Waals surface area contributed by atoms with E-state index in [1.165, 1.54) is 0 Å². The molecule has 1 radical (unpaired) electrons. The average Bonchev–Trinajstić information content (AvgIpc) is 2.03. The van der Waals surface area contributed by atoms with Gasteiger partial charge in [-0.2, -0.15) is 12.1 Å². The van der Waals surface area contributed by atoms with Crippen LogP contribution in [0.15, 0.2) is 24.3 Å². The maximum Gasteiger partial charge on any atom is 0 e. The molecular weight excluding hydrogens is 232 g/mol. The molecule has 0 saturated carbocycles. The van der Waals surface area contributed by atoms with Crippen LogP contribution in [0.4, 0.5) is 0 Å². The Labute approximate surface area is 97.5 Å². The standard InChI is InChI=1S/C9H7Cl.Y/c10-8-4-7-9-5-2-1-3-6-9;/h1-3,5,7H,8H2;/q-2;. The Balaban J connectivity index is 0.000001000. The molecule has 0 saturated heterocycles. The normalized spacial score (nSPS) is 9.55. The second-order valence-corrected chi connectivity index (χ2v) is 2.07. The Hall–Kier alpha value is 0.354. The van der Waals surface area contributed by atoms with Gasteiger partial charge in [-0.25, -0.2) is 12.1 Å². The van der Waals surface area contributed by atoms with E-state index >= 15 is 0 Å². The van der Waals surface area contributed by atoms with Crippen LogP contribution in [0.3, 0.4) is 0 Å². The first-order chi connectivity index (χ1) is 4.93. The molecule has 0 unspecified atom stereocenters. The maximum absolute atomic E-state index is 5.40. The number of rotatable bonds is 2. The molecule has 1 aromatic carbocycles. The van der Waals surface area contributed by atoms with Gasteiger partial charge in [0, 0.05) is 32.7 Å². The van der Waals surface area contributed by atoms with E-state index in [2.05, 4.69) is 12.1 Å². The minimum Gasteiger partial charge on any atom is -0.312 e. The summed E-state index contributed by atoms with van der Waals surface area (Å²) < 4.78 is 0. The van der Waals surface area contributed by atoms with Crippen molar-refractivity contribution in [1.29, 1.82) is 0 Å². The summed E-state index contributed by atoms with van der Waals surface area (Å²) in [5.41, 5.74) is 1.02. The molecular formula is C9H7ClY-2. The topological polar surface area (TPSA) is 0 Å². The smallest absolute Gasteiger partial charge is 0 e. The molecule has 0 bridgehead atoms. The first kappa shape index (κ1) is 11.4. The van der Waals surface area contributed by atoms with Crippen LogP contribution in [0.1, 0.15) is 5.56 Å². The van der Waals surface area contributed by atoms with Gasteiger partial charge in [0.1, 0.15) is 0 Å². The Morgan fingerprint density at radius 2 is 2.36 bits per heavy atom. The summed E-state index contributed by atoms with van der Waals surface area (Å²) in [5.74, 6) is 0.433. The van der Waals surface area contributed by atoms with Gasteiger partial charge in [0.25, 0.3) is 0 Å². The van der Waals surface area contributed by atoms with E-state index in [1.807, 2.05) is 30.3 Å². The zero-order valence-corrected chi connectivity index (χ0v) is 9.64. The van der Waals surface area contributed by atoms with Crippen molar-refractivity contribution in [3.8, 4) is 0 Å². The molecule has 0 fully saturated rings. The van der Waals surface area contributed by atoms with Gasteiger partial charge in [0.15, 0.2) is 0 Å². The van der Waals surface area contributed by atoms with Crippen molar-refractivity contribution in [3.63, 3.8) is 0 Å². The van der Waals surface area contributed by atoms with E-state index in [1.54, 1.807) is 0 Å². The van der Waals surface area contributed by atoms with Crippen LogP contribution in [-0.2, 0) is 32.7 Å². The summed E-state index contributed by atoms with van der Waals surface area (Å²) in [6.07, 6.45) is 4.70. The number of benzene rings is 1. The number of hydrogen-bond donors (Lipinski definition) is 0. The molecule has 1 rings (SSSR count). The summed E-state index contributed by atoms with van der Waals surface area (Å²) in [6, 6.07) is 10.7. The van der Waals surface area contributed by atoms with E-state index in [0.717, 1.165) is 5.56 Å². The largest absolute Gasteiger partial charge is 0.312 e. The first-order valence-corrected chi connectivity index (χ1v) is 3.56. The summed E-state index contributed by atoms with van der Waals surface area (Å²) in [6.45, 7) is 0. The van der Waals surface area contributed by atoms with Crippen LogP contribution >= 0.6 is 11.6 Å². The van der Waals surface area contributed by atoms with Crippen molar-refractivity contribution >= 4 is 17.7 Å². The van der Waals surface area contributed by atoms with Crippen molar-refractivity contribution in [3.05, 3.63) is 42.0 Å². The summed E-state index contributed by atoms with van der Waals surface area (Å²) in [5, 5.41) is 0. The molecule has 0 aliphatic carbocycles. The molecule has 0 heterocycles. The fraction of sp³-hybridized carbons (Fsp3) is 0.111. The van der Waals surface area contributed by atoms with Crippen molar-refractivity contribution in [2.24, 2.45) is 0 Å². The third-order valence-electron chi connectivity index (χ3n) is 1.07. The van der Waals surface area contributed by atoms with Gasteiger partial charge < -0.3 is 17.7 Å². The Morgan fingerprint density at radius 1 is 1.55 bits per heavy atom. The fourth-order valence-electron chi connectivity index (χ4n) is 0.646. The van der Waals surface area contributed by atoms with Crippen LogP contribution in [-0.4, -0.2) is 5.88 Å². The molecule has 1 aromatic rings. The zero-order valence-electron chi connectivity index (χ0n) is 6.05. The van der Waals surface area contributed by atoms with Gasteiger partial charge >= 0.3 is 0 Å². The zero-order chi connectivity index (χ0) is 7.23. The Kier molecular flexibility index (Phi) is 7.25. The Bertz CT molecular complexity index is 206. The number of hydrogen-bond acceptors (Lipinski definition) is 0. The van der Waals surface area contributed by atoms with Crippen molar-refractivity contribution < 1.29 is 32.7 Å². The summed E-state index contributed by atoms with van der Waals surface area (Å²) >= 11 is 5.40. The van der Waals surface area contributed by atoms with Crippen molar-refractivity contribution in [1.82, 2.24) is 0 Å². The average molecular weight is 240 g/mol. The first-order valence-electron chi connectivity index (χ1n) is 3.03. The molecule has 11 heavy (non-hydrogen) atoms. The second kappa shape index (κ2) is 7.03. The third-order valence-corrected chi connectivity index (χ3v) is 1.22. The Morgan fingerprint density at radius 3 is 2.91 bits per heavy atom. The molecule has 2 heteroatoms. The molecule has 0 amide bonds. The van der Waals surface area contributed by atoms with Crippen LogP contribution in [0.5, 0.6) is 0 Å². The van der Waals surface area contributed by atoms with Crippen LogP contribution in [0.2, 0.25) is 0 Å². The van der Waals surface area contributed by atoms with E-state index in [-0.39, 0.29) is 32.7 Å². The van der Waals surface area contributed by atoms with E-state index in [4.69, 9.17) is 11.6 Å². The predicted octanol–water partition coefficient (Wildman–Crippen LogP) is 2.54. The van der Waals surface area contributed by atoms with Crippen molar-refractivity contribution in [2.45, 2.75) is 0 Å². The minimum atomic E-state index is 0. The third kappa shape index (κ3) is 4.73. The molecule has 0 atom stereocenters. The predicted molar refractivity (Wildman–Crippen MR) is 43.7 cm³/mol. The van der Waals surface area contributed by atoms with Gasteiger partial charge in [-0.3, -0.25) is 0 Å². The molecule has 0 aliphatic heterocycles. The molecule has 0 nitrogen and oxygen atoms in total. The van der Waals surface area contributed by atoms with Crippen molar-refractivity contribution in [2.75, 3.05) is 5.88 Å². The van der Waals surface area contributed by atoms with E-state index < -0.39 is 0 Å².